The van der Waals surface area contributed by atoms with Gasteiger partial charge in [-0.1, -0.05) is 43.7 Å². The number of ether oxygens (including phenoxy) is 1. The van der Waals surface area contributed by atoms with Crippen LogP contribution in [0.3, 0.4) is 0 Å². The standard InChI is InChI=1S/C29H30N2O4/c1-17(2)22-15-23(19(4)14-24(22)35-5)27(32)25-26(21-8-6-7-18(3)13-21)31(29(34)28(25)33)16-20-9-11-30-12-10-20/h6-15,17,26,32H,16H2,1-5H3/b27-25+. The smallest absolute Gasteiger partial charge is 0.295 e. The highest BCUT2D eigenvalue weighted by molar-refractivity contribution is 6.46. The summed E-state index contributed by atoms with van der Waals surface area (Å²) in [5.41, 5.74) is 4.91. The van der Waals surface area contributed by atoms with Crippen LogP contribution in [0.2, 0.25) is 0 Å². The van der Waals surface area contributed by atoms with E-state index in [4.69, 9.17) is 4.74 Å². The van der Waals surface area contributed by atoms with E-state index in [-0.39, 0.29) is 23.8 Å². The summed E-state index contributed by atoms with van der Waals surface area (Å²) in [4.78, 5) is 32.2. The van der Waals surface area contributed by atoms with Gasteiger partial charge in [0.1, 0.15) is 11.5 Å². The van der Waals surface area contributed by atoms with Crippen molar-refractivity contribution in [1.82, 2.24) is 9.88 Å². The zero-order chi connectivity index (χ0) is 25.3. The van der Waals surface area contributed by atoms with Gasteiger partial charge in [-0.25, -0.2) is 0 Å². The molecule has 1 saturated heterocycles. The molecule has 2 aromatic carbocycles. The molecule has 1 N–H and O–H groups in total. The number of aliphatic hydroxyl groups is 1. The molecule has 0 aliphatic carbocycles. The van der Waals surface area contributed by atoms with E-state index < -0.39 is 17.7 Å². The number of amides is 1. The van der Waals surface area contributed by atoms with Gasteiger partial charge in [0, 0.05) is 24.5 Å². The highest BCUT2D eigenvalue weighted by atomic mass is 16.5. The minimum atomic E-state index is -0.716. The monoisotopic (exact) mass is 470 g/mol. The van der Waals surface area contributed by atoms with Crippen molar-refractivity contribution in [2.24, 2.45) is 0 Å². The van der Waals surface area contributed by atoms with E-state index in [0.29, 0.717) is 5.56 Å². The lowest BCUT2D eigenvalue weighted by molar-refractivity contribution is -0.140. The summed E-state index contributed by atoms with van der Waals surface area (Å²) in [5.74, 6) is -0.634. The molecule has 1 aromatic heterocycles. The molecule has 3 aromatic rings. The molecule has 0 radical (unpaired) electrons. The first kappa shape index (κ1) is 24.2. The van der Waals surface area contributed by atoms with Crippen LogP contribution in [0, 0.1) is 13.8 Å². The fourth-order valence-corrected chi connectivity index (χ4v) is 4.64. The number of rotatable bonds is 6. The van der Waals surface area contributed by atoms with E-state index in [2.05, 4.69) is 4.98 Å². The van der Waals surface area contributed by atoms with Crippen LogP contribution in [-0.2, 0) is 16.1 Å². The summed E-state index contributed by atoms with van der Waals surface area (Å²) in [6.45, 7) is 8.12. The molecule has 1 aliphatic rings. The van der Waals surface area contributed by atoms with Gasteiger partial charge in [0.05, 0.1) is 18.7 Å². The molecule has 1 fully saturated rings. The number of hydrogen-bond donors (Lipinski definition) is 1. The Morgan fingerprint density at radius 2 is 1.80 bits per heavy atom. The van der Waals surface area contributed by atoms with Gasteiger partial charge in [0.2, 0.25) is 0 Å². The van der Waals surface area contributed by atoms with E-state index in [0.717, 1.165) is 33.6 Å². The molecule has 35 heavy (non-hydrogen) atoms. The van der Waals surface area contributed by atoms with Gasteiger partial charge in [0.25, 0.3) is 11.7 Å². The van der Waals surface area contributed by atoms with Crippen molar-refractivity contribution in [3.63, 3.8) is 0 Å². The quantitative estimate of drug-likeness (QED) is 0.294. The van der Waals surface area contributed by atoms with Crippen LogP contribution < -0.4 is 4.74 Å². The number of carbonyl (C=O) groups is 2. The van der Waals surface area contributed by atoms with Crippen LogP contribution in [0.1, 0.15) is 59.2 Å². The molecule has 0 saturated carbocycles. The molecule has 1 aliphatic heterocycles. The lowest BCUT2D eigenvalue weighted by Crippen LogP contribution is -2.29. The molecule has 6 nitrogen and oxygen atoms in total. The minimum Gasteiger partial charge on any atom is -0.507 e. The van der Waals surface area contributed by atoms with E-state index in [9.17, 15) is 14.7 Å². The number of aromatic nitrogens is 1. The average molecular weight is 471 g/mol. The van der Waals surface area contributed by atoms with Crippen LogP contribution in [0.25, 0.3) is 5.76 Å². The molecular weight excluding hydrogens is 440 g/mol. The summed E-state index contributed by atoms with van der Waals surface area (Å²) in [6, 6.07) is 14.3. The first-order valence-corrected chi connectivity index (χ1v) is 11.7. The average Bonchev–Trinajstić information content (AvgIpc) is 3.08. The van der Waals surface area contributed by atoms with Crippen LogP contribution in [0.5, 0.6) is 5.75 Å². The van der Waals surface area contributed by atoms with Crippen LogP contribution in [-0.4, -0.2) is 33.8 Å². The van der Waals surface area contributed by atoms with Crippen LogP contribution >= 0.6 is 0 Å². The molecule has 0 spiro atoms. The Hall–Kier alpha value is -3.93. The van der Waals surface area contributed by atoms with Crippen molar-refractivity contribution in [1.29, 1.82) is 0 Å². The maximum absolute atomic E-state index is 13.4. The molecule has 180 valence electrons. The van der Waals surface area contributed by atoms with E-state index in [1.165, 1.54) is 4.90 Å². The molecule has 1 amide bonds. The summed E-state index contributed by atoms with van der Waals surface area (Å²) in [5, 5.41) is 11.6. The minimum absolute atomic E-state index is 0.0950. The van der Waals surface area contributed by atoms with Crippen molar-refractivity contribution in [2.75, 3.05) is 7.11 Å². The Morgan fingerprint density at radius 3 is 2.43 bits per heavy atom. The number of Topliss-reactive ketones (excluding diaryl/α,β-unsaturated/α-hetero) is 1. The molecular formula is C29H30N2O4. The Morgan fingerprint density at radius 1 is 1.09 bits per heavy atom. The number of aryl methyl sites for hydroxylation is 2. The van der Waals surface area contributed by atoms with E-state index >= 15 is 0 Å². The zero-order valence-corrected chi connectivity index (χ0v) is 20.7. The third-order valence-corrected chi connectivity index (χ3v) is 6.45. The first-order chi connectivity index (χ1) is 16.7. The number of ketones is 1. The highest BCUT2D eigenvalue weighted by Crippen LogP contribution is 2.42. The highest BCUT2D eigenvalue weighted by Gasteiger charge is 2.46. The molecule has 4 rings (SSSR count). The number of nitrogens with zero attached hydrogens (tertiary/aromatic N) is 2. The van der Waals surface area contributed by atoms with Gasteiger partial charge in [-0.15, -0.1) is 0 Å². The molecule has 1 unspecified atom stereocenters. The Labute approximate surface area is 205 Å². The number of methoxy groups -OCH3 is 1. The summed E-state index contributed by atoms with van der Waals surface area (Å²) >= 11 is 0. The summed E-state index contributed by atoms with van der Waals surface area (Å²) in [6.07, 6.45) is 3.31. The second kappa shape index (κ2) is 9.74. The van der Waals surface area contributed by atoms with Crippen LogP contribution in [0.4, 0.5) is 0 Å². The summed E-state index contributed by atoms with van der Waals surface area (Å²) < 4.78 is 5.54. The fourth-order valence-electron chi connectivity index (χ4n) is 4.64. The summed E-state index contributed by atoms with van der Waals surface area (Å²) in [7, 11) is 1.61. The van der Waals surface area contributed by atoms with Crippen molar-refractivity contribution < 1.29 is 19.4 Å². The van der Waals surface area contributed by atoms with Gasteiger partial charge in [-0.05, 0) is 66.3 Å². The number of pyridine rings is 1. The molecule has 2 heterocycles. The topological polar surface area (TPSA) is 79.7 Å². The van der Waals surface area contributed by atoms with Gasteiger partial charge in [0.15, 0.2) is 0 Å². The fraction of sp³-hybridized carbons (Fsp3) is 0.276. The molecule has 1 atom stereocenters. The van der Waals surface area contributed by atoms with Gasteiger partial charge in [-0.2, -0.15) is 0 Å². The van der Waals surface area contributed by atoms with E-state index in [1.807, 2.05) is 76.2 Å². The third kappa shape index (κ3) is 4.56. The number of hydrogen-bond acceptors (Lipinski definition) is 5. The largest absolute Gasteiger partial charge is 0.507 e. The number of carbonyl (C=O) groups excluding carboxylic acids is 2. The second-order valence-electron chi connectivity index (χ2n) is 9.26. The third-order valence-electron chi connectivity index (χ3n) is 6.45. The number of likely N-dealkylation sites (tertiary alicyclic amines) is 1. The Bertz CT molecular complexity index is 1310. The second-order valence-corrected chi connectivity index (χ2v) is 9.26. The maximum atomic E-state index is 13.4. The van der Waals surface area contributed by atoms with E-state index in [1.54, 1.807) is 19.5 Å². The van der Waals surface area contributed by atoms with Gasteiger partial charge >= 0.3 is 0 Å². The SMILES string of the molecule is COc1cc(C)c(/C(O)=C2\C(=O)C(=O)N(Cc3ccncc3)C2c2cccc(C)c2)cc1C(C)C. The lowest BCUT2D eigenvalue weighted by atomic mass is 9.90. The maximum Gasteiger partial charge on any atom is 0.295 e. The van der Waals surface area contributed by atoms with Crippen molar-refractivity contribution in [3.05, 3.63) is 99.9 Å². The lowest BCUT2D eigenvalue weighted by Gasteiger charge is -2.26. The normalized spacial score (nSPS) is 17.3. The van der Waals surface area contributed by atoms with Crippen molar-refractivity contribution in [2.45, 2.75) is 46.2 Å². The molecule has 0 bridgehead atoms. The zero-order valence-electron chi connectivity index (χ0n) is 20.7. The van der Waals surface area contributed by atoms with Gasteiger partial charge in [-0.3, -0.25) is 14.6 Å². The molecule has 6 heteroatoms. The first-order valence-electron chi connectivity index (χ1n) is 11.7. The predicted molar refractivity (Wildman–Crippen MR) is 135 cm³/mol. The Kier molecular flexibility index (Phi) is 6.74. The number of aliphatic hydroxyl groups excluding tert-OH is 1. The van der Waals surface area contributed by atoms with Gasteiger partial charge < -0.3 is 14.7 Å². The van der Waals surface area contributed by atoms with Crippen LogP contribution in [0.15, 0.2) is 66.5 Å². The van der Waals surface area contributed by atoms with Crippen molar-refractivity contribution in [3.8, 4) is 5.75 Å². The predicted octanol–water partition coefficient (Wildman–Crippen LogP) is 5.45. The number of benzene rings is 2. The van der Waals surface area contributed by atoms with Crippen molar-refractivity contribution >= 4 is 17.4 Å². The Balaban J connectivity index is 1.93.